The lowest BCUT2D eigenvalue weighted by atomic mass is 10.9. The molecule has 0 aliphatic rings. The molecular weight excluding hydrogens is 116 g/mol. The van der Waals surface area contributed by atoms with Crippen LogP contribution in [0, 0.1) is 6.92 Å². The van der Waals surface area contributed by atoms with Crippen LogP contribution in [0.4, 0.5) is 0 Å². The molecule has 0 aliphatic carbocycles. The second kappa shape index (κ2) is 3.31. The maximum absolute atomic E-state index is 4.85. The van der Waals surface area contributed by atoms with Crippen LogP contribution in [0.5, 0.6) is 0 Å². The third kappa shape index (κ3) is 4.11. The highest BCUT2D eigenvalue weighted by atomic mass is 32.1. The van der Waals surface area contributed by atoms with E-state index in [0.29, 0.717) is 0 Å². The van der Waals surface area contributed by atoms with Gasteiger partial charge in [0.2, 0.25) is 0 Å². The van der Waals surface area contributed by atoms with E-state index in [1.165, 1.54) is 0 Å². The number of hydrogen-bond acceptors (Lipinski definition) is 3. The minimum absolute atomic E-state index is 0.0810. The van der Waals surface area contributed by atoms with Gasteiger partial charge in [-0.1, -0.05) is 0 Å². The van der Waals surface area contributed by atoms with Gasteiger partial charge in [0.15, 0.2) is 0 Å². The second-order valence-electron chi connectivity index (χ2n) is 0.561. The Morgan fingerprint density at radius 1 is 2.00 bits per heavy atom. The molecule has 0 heterocycles. The van der Waals surface area contributed by atoms with Gasteiger partial charge in [-0.15, -0.1) is 0 Å². The fourth-order valence-electron chi connectivity index (χ4n) is 0.0680. The maximum atomic E-state index is 4.85. The summed E-state index contributed by atoms with van der Waals surface area (Å²) in [5, 5.41) is 0. The van der Waals surface area contributed by atoms with E-state index in [0.717, 1.165) is 0 Å². The van der Waals surface area contributed by atoms with Gasteiger partial charge in [0.25, 0.3) is 0 Å². The molecule has 2 radical (unpaired) electrons. The minimum atomic E-state index is 0.0810. The van der Waals surface area contributed by atoms with E-state index in [1.807, 2.05) is 0 Å². The molecule has 0 aromatic carbocycles. The summed E-state index contributed by atoms with van der Waals surface area (Å²) in [7, 11) is 0. The number of rotatable bonds is 1. The average Bonchev–Trinajstić information content (AvgIpc) is 1.35. The molecule has 3 heteroatoms. The zero-order valence-corrected chi connectivity index (χ0v) is 4.64. The number of hydrogen-bond donors (Lipinski definition) is 0. The van der Waals surface area contributed by atoms with Crippen molar-refractivity contribution in [1.82, 2.24) is 0 Å². The van der Waals surface area contributed by atoms with Crippen molar-refractivity contribution in [2.45, 2.75) is 0 Å². The van der Waals surface area contributed by atoms with Gasteiger partial charge in [-0.25, -0.2) is 0 Å². The summed E-state index contributed by atoms with van der Waals surface area (Å²) >= 11 is 8.61. The van der Waals surface area contributed by atoms with Crippen molar-refractivity contribution in [2.24, 2.45) is 0 Å². The highest BCUT2D eigenvalue weighted by Crippen LogP contribution is 1.73. The van der Waals surface area contributed by atoms with Gasteiger partial charge < -0.3 is 29.6 Å². The van der Waals surface area contributed by atoms with Crippen molar-refractivity contribution in [1.29, 1.82) is 0 Å². The van der Waals surface area contributed by atoms with Crippen molar-refractivity contribution in [3.63, 3.8) is 0 Å². The molecule has 1 nitrogen and oxygen atoms in total. The van der Waals surface area contributed by atoms with Crippen LogP contribution in [0.1, 0.15) is 0 Å². The summed E-state index contributed by atoms with van der Waals surface area (Å²) in [6, 6.07) is 0. The molecule has 0 saturated carbocycles. The van der Waals surface area contributed by atoms with Gasteiger partial charge >= 0.3 is 0 Å². The number of ether oxygens (including phenoxy) is 1. The molecule has 0 spiro atoms. The molecule has 0 bridgehead atoms. The summed E-state index contributed by atoms with van der Waals surface area (Å²) in [4.78, 5) is 0. The fraction of sp³-hybridized carbons (Fsp3) is 0.333. The van der Waals surface area contributed by atoms with E-state index in [4.69, 9.17) is 6.92 Å². The molecule has 0 aromatic heterocycles. The lowest BCUT2D eigenvalue weighted by Gasteiger charge is -2.02. The molecule has 0 amide bonds. The Morgan fingerprint density at radius 2 is 2.50 bits per heavy atom. The van der Waals surface area contributed by atoms with E-state index < -0.39 is 0 Å². The molecular formula is C3H3OS2-. The standard InChI is InChI=1S/C3H4OS2/c1-2-4-3(5)6/h1H,2H2,(H,5,6)/p-1. The largest absolute Gasteiger partial charge is 0.513 e. The quantitative estimate of drug-likeness (QED) is 0.368. The lowest BCUT2D eigenvalue weighted by molar-refractivity contribution is 0.369. The number of thiocarbonyl (C=S) groups is 1. The Labute approximate surface area is 48.1 Å². The van der Waals surface area contributed by atoms with E-state index >= 15 is 0 Å². The van der Waals surface area contributed by atoms with Crippen LogP contribution in [0.15, 0.2) is 0 Å². The first-order valence-electron chi connectivity index (χ1n) is 1.31. The summed E-state index contributed by atoms with van der Waals surface area (Å²) < 4.78 is 4.45. The van der Waals surface area contributed by atoms with E-state index in [-0.39, 0.29) is 11.0 Å². The van der Waals surface area contributed by atoms with Crippen molar-refractivity contribution in [2.75, 3.05) is 6.61 Å². The van der Waals surface area contributed by atoms with Crippen molar-refractivity contribution in [3.8, 4) is 0 Å². The zero-order chi connectivity index (χ0) is 4.99. The van der Waals surface area contributed by atoms with Crippen LogP contribution in [-0.4, -0.2) is 11.0 Å². The Balaban J connectivity index is 2.83. The highest BCUT2D eigenvalue weighted by Gasteiger charge is 1.65. The Kier molecular flexibility index (Phi) is 3.37. The van der Waals surface area contributed by atoms with Gasteiger partial charge in [-0.2, -0.15) is 0 Å². The molecule has 0 fully saturated rings. The molecule has 0 rings (SSSR count). The Morgan fingerprint density at radius 3 is 2.50 bits per heavy atom. The first-order valence-corrected chi connectivity index (χ1v) is 2.13. The highest BCUT2D eigenvalue weighted by molar-refractivity contribution is 7.99. The van der Waals surface area contributed by atoms with Gasteiger partial charge in [-0.3, -0.25) is 0 Å². The Hall–Kier alpha value is 0.110. The molecule has 34 valence electrons. The average molecular weight is 119 g/mol. The smallest absolute Gasteiger partial charge is 0.0894 e. The summed E-state index contributed by atoms with van der Waals surface area (Å²) in [5.41, 5.74) is 0. The van der Waals surface area contributed by atoms with Crippen molar-refractivity contribution in [3.05, 3.63) is 6.92 Å². The molecule has 0 saturated heterocycles. The third-order valence-corrected chi connectivity index (χ3v) is 0.437. The van der Waals surface area contributed by atoms with Crippen molar-refractivity contribution < 1.29 is 4.74 Å². The van der Waals surface area contributed by atoms with Crippen LogP contribution >= 0.6 is 12.2 Å². The zero-order valence-electron chi connectivity index (χ0n) is 3.01. The predicted molar refractivity (Wildman–Crippen MR) is 30.2 cm³/mol. The topological polar surface area (TPSA) is 9.23 Å². The second-order valence-corrected chi connectivity index (χ2v) is 1.56. The minimum Gasteiger partial charge on any atom is -0.513 e. The monoisotopic (exact) mass is 119 g/mol. The van der Waals surface area contributed by atoms with E-state index in [9.17, 15) is 0 Å². The van der Waals surface area contributed by atoms with Gasteiger partial charge in [0.1, 0.15) is 0 Å². The van der Waals surface area contributed by atoms with Crippen LogP contribution in [0.25, 0.3) is 0 Å². The lowest BCUT2D eigenvalue weighted by Crippen LogP contribution is -1.93. The molecule has 0 N–H and O–H groups in total. The van der Waals surface area contributed by atoms with E-state index in [1.54, 1.807) is 0 Å². The van der Waals surface area contributed by atoms with Gasteiger partial charge in [-0.05, 0) is 0 Å². The van der Waals surface area contributed by atoms with Crippen LogP contribution in [-0.2, 0) is 17.4 Å². The Bertz CT molecular complexity index is 52.8. The molecule has 0 aliphatic heterocycles. The first kappa shape index (κ1) is 6.11. The van der Waals surface area contributed by atoms with Gasteiger partial charge in [0.05, 0.1) is 6.61 Å². The van der Waals surface area contributed by atoms with Crippen LogP contribution < -0.4 is 0 Å². The fourth-order valence-corrected chi connectivity index (χ4v) is 0.204. The van der Waals surface area contributed by atoms with Crippen molar-refractivity contribution >= 4 is 29.2 Å². The SMILES string of the molecule is [CH]COC(=S)[S-]. The maximum Gasteiger partial charge on any atom is 0.0894 e. The summed E-state index contributed by atoms with van der Waals surface area (Å²) in [6.45, 7) is 4.94. The molecule has 0 atom stereocenters. The van der Waals surface area contributed by atoms with Crippen LogP contribution in [0.2, 0.25) is 0 Å². The third-order valence-electron chi connectivity index (χ3n) is 0.201. The van der Waals surface area contributed by atoms with Crippen LogP contribution in [0.3, 0.4) is 0 Å². The van der Waals surface area contributed by atoms with Gasteiger partial charge in [0, 0.05) is 11.3 Å². The summed E-state index contributed by atoms with van der Waals surface area (Å²) in [5.74, 6) is 0. The summed E-state index contributed by atoms with van der Waals surface area (Å²) in [6.07, 6.45) is 0. The van der Waals surface area contributed by atoms with E-state index in [2.05, 4.69) is 29.6 Å². The molecule has 0 aromatic rings. The molecule has 0 unspecified atom stereocenters. The molecule has 6 heavy (non-hydrogen) atoms. The normalized spacial score (nSPS) is 7.50. The first-order chi connectivity index (χ1) is 2.77. The predicted octanol–water partition coefficient (Wildman–Crippen LogP) is 0.546.